The van der Waals surface area contributed by atoms with Crippen LogP contribution in [0, 0.1) is 0 Å². The van der Waals surface area contributed by atoms with Crippen molar-refractivity contribution in [2.45, 2.75) is 45.2 Å². The molecule has 0 saturated carbocycles. The van der Waals surface area contributed by atoms with Crippen LogP contribution in [0.15, 0.2) is 18.3 Å². The van der Waals surface area contributed by atoms with Crippen LogP contribution in [0.2, 0.25) is 0 Å². The SMILES string of the molecule is CC(C)N1CCCCC1c1cccnn1. The Balaban J connectivity index is 2.18. The third-order valence-corrected chi connectivity index (χ3v) is 3.14. The summed E-state index contributed by atoms with van der Waals surface area (Å²) >= 11 is 0. The minimum atomic E-state index is 0.479. The van der Waals surface area contributed by atoms with E-state index < -0.39 is 0 Å². The molecule has 2 rings (SSSR count). The number of piperidine rings is 1. The van der Waals surface area contributed by atoms with E-state index in [1.807, 2.05) is 6.07 Å². The Labute approximate surface area is 91.5 Å². The van der Waals surface area contributed by atoms with Gasteiger partial charge in [-0.25, -0.2) is 0 Å². The molecule has 1 aromatic heterocycles. The molecule has 3 nitrogen and oxygen atoms in total. The summed E-state index contributed by atoms with van der Waals surface area (Å²) in [6.07, 6.45) is 5.59. The second kappa shape index (κ2) is 4.71. The first-order valence-electron chi connectivity index (χ1n) is 5.82. The molecule has 2 heterocycles. The Morgan fingerprint density at radius 1 is 1.40 bits per heavy atom. The number of hydrogen-bond donors (Lipinski definition) is 0. The lowest BCUT2D eigenvalue weighted by Crippen LogP contribution is -2.38. The van der Waals surface area contributed by atoms with Crippen molar-refractivity contribution in [3.8, 4) is 0 Å². The second-order valence-electron chi connectivity index (χ2n) is 4.49. The topological polar surface area (TPSA) is 29.0 Å². The molecular weight excluding hydrogens is 186 g/mol. The first kappa shape index (κ1) is 10.6. The molecule has 15 heavy (non-hydrogen) atoms. The first-order valence-corrected chi connectivity index (χ1v) is 5.82. The van der Waals surface area contributed by atoms with E-state index in [4.69, 9.17) is 0 Å². The summed E-state index contributed by atoms with van der Waals surface area (Å²) in [6.45, 7) is 5.71. The summed E-state index contributed by atoms with van der Waals surface area (Å²) < 4.78 is 0. The van der Waals surface area contributed by atoms with E-state index in [1.54, 1.807) is 6.20 Å². The van der Waals surface area contributed by atoms with Crippen LogP contribution in [0.4, 0.5) is 0 Å². The second-order valence-corrected chi connectivity index (χ2v) is 4.49. The van der Waals surface area contributed by atoms with E-state index in [2.05, 4.69) is 35.0 Å². The van der Waals surface area contributed by atoms with E-state index in [9.17, 15) is 0 Å². The van der Waals surface area contributed by atoms with Gasteiger partial charge in [0.1, 0.15) is 0 Å². The van der Waals surface area contributed by atoms with Crippen LogP contribution in [-0.4, -0.2) is 27.7 Å². The lowest BCUT2D eigenvalue weighted by molar-refractivity contribution is 0.108. The van der Waals surface area contributed by atoms with Gasteiger partial charge in [0, 0.05) is 12.2 Å². The predicted molar refractivity (Wildman–Crippen MR) is 60.5 cm³/mol. The fourth-order valence-corrected chi connectivity index (χ4v) is 2.38. The van der Waals surface area contributed by atoms with E-state index >= 15 is 0 Å². The number of hydrogen-bond acceptors (Lipinski definition) is 3. The van der Waals surface area contributed by atoms with Gasteiger partial charge in [-0.2, -0.15) is 10.2 Å². The molecule has 0 spiro atoms. The van der Waals surface area contributed by atoms with Crippen LogP contribution < -0.4 is 0 Å². The van der Waals surface area contributed by atoms with Crippen molar-refractivity contribution >= 4 is 0 Å². The first-order chi connectivity index (χ1) is 7.29. The zero-order valence-electron chi connectivity index (χ0n) is 9.56. The Bertz CT molecular complexity index is 297. The van der Waals surface area contributed by atoms with Gasteiger partial charge in [-0.1, -0.05) is 6.42 Å². The summed E-state index contributed by atoms with van der Waals surface area (Å²) in [5.74, 6) is 0. The van der Waals surface area contributed by atoms with E-state index in [-0.39, 0.29) is 0 Å². The monoisotopic (exact) mass is 205 g/mol. The number of rotatable bonds is 2. The highest BCUT2D eigenvalue weighted by Gasteiger charge is 2.26. The zero-order valence-corrected chi connectivity index (χ0v) is 9.56. The largest absolute Gasteiger partial charge is 0.292 e. The van der Waals surface area contributed by atoms with Gasteiger partial charge >= 0.3 is 0 Å². The fraction of sp³-hybridized carbons (Fsp3) is 0.667. The molecule has 1 saturated heterocycles. The molecule has 0 bridgehead atoms. The van der Waals surface area contributed by atoms with Crippen molar-refractivity contribution in [3.05, 3.63) is 24.0 Å². The molecule has 82 valence electrons. The van der Waals surface area contributed by atoms with Crippen LogP contribution >= 0.6 is 0 Å². The summed E-state index contributed by atoms with van der Waals surface area (Å²) in [6, 6.07) is 5.15. The molecule has 0 amide bonds. The molecular formula is C12H19N3. The smallest absolute Gasteiger partial charge is 0.0802 e. The maximum atomic E-state index is 4.24. The van der Waals surface area contributed by atoms with E-state index in [0.717, 1.165) is 5.69 Å². The third-order valence-electron chi connectivity index (χ3n) is 3.14. The van der Waals surface area contributed by atoms with Crippen molar-refractivity contribution in [1.82, 2.24) is 15.1 Å². The molecule has 0 aromatic carbocycles. The van der Waals surface area contributed by atoms with E-state index in [0.29, 0.717) is 12.1 Å². The quantitative estimate of drug-likeness (QED) is 0.742. The van der Waals surface area contributed by atoms with Crippen molar-refractivity contribution in [2.24, 2.45) is 0 Å². The van der Waals surface area contributed by atoms with Crippen molar-refractivity contribution in [2.75, 3.05) is 6.54 Å². The van der Waals surface area contributed by atoms with Crippen molar-refractivity contribution in [3.63, 3.8) is 0 Å². The van der Waals surface area contributed by atoms with Crippen LogP contribution in [0.3, 0.4) is 0 Å². The summed E-state index contributed by atoms with van der Waals surface area (Å²) in [4.78, 5) is 2.54. The molecule has 1 atom stereocenters. The Kier molecular flexibility index (Phi) is 3.31. The van der Waals surface area contributed by atoms with E-state index in [1.165, 1.54) is 25.8 Å². The van der Waals surface area contributed by atoms with Crippen LogP contribution in [0.5, 0.6) is 0 Å². The average Bonchev–Trinajstić information content (AvgIpc) is 2.30. The molecule has 3 heteroatoms. The minimum absolute atomic E-state index is 0.479. The molecule has 0 aliphatic carbocycles. The van der Waals surface area contributed by atoms with Gasteiger partial charge in [-0.05, 0) is 45.4 Å². The molecule has 1 fully saturated rings. The van der Waals surface area contributed by atoms with Crippen LogP contribution in [0.1, 0.15) is 44.8 Å². The molecule has 0 radical (unpaired) electrons. The van der Waals surface area contributed by atoms with Crippen molar-refractivity contribution in [1.29, 1.82) is 0 Å². The van der Waals surface area contributed by atoms with Crippen LogP contribution in [0.25, 0.3) is 0 Å². The molecule has 1 aliphatic heterocycles. The number of nitrogens with zero attached hydrogens (tertiary/aromatic N) is 3. The highest BCUT2D eigenvalue weighted by molar-refractivity contribution is 5.07. The molecule has 0 N–H and O–H groups in total. The lowest BCUT2D eigenvalue weighted by Gasteiger charge is -2.37. The molecule has 1 aromatic rings. The zero-order chi connectivity index (χ0) is 10.7. The van der Waals surface area contributed by atoms with Gasteiger partial charge in [0.15, 0.2) is 0 Å². The number of likely N-dealkylation sites (tertiary alicyclic amines) is 1. The van der Waals surface area contributed by atoms with Gasteiger partial charge < -0.3 is 0 Å². The highest BCUT2D eigenvalue weighted by Crippen LogP contribution is 2.30. The molecule has 1 unspecified atom stereocenters. The summed E-state index contributed by atoms with van der Waals surface area (Å²) in [5.41, 5.74) is 1.13. The third kappa shape index (κ3) is 2.34. The van der Waals surface area contributed by atoms with Gasteiger partial charge in [0.25, 0.3) is 0 Å². The minimum Gasteiger partial charge on any atom is -0.292 e. The Morgan fingerprint density at radius 3 is 2.93 bits per heavy atom. The Hall–Kier alpha value is -0.960. The Morgan fingerprint density at radius 2 is 2.27 bits per heavy atom. The maximum absolute atomic E-state index is 4.24. The normalized spacial score (nSPS) is 23.3. The fourth-order valence-electron chi connectivity index (χ4n) is 2.38. The summed E-state index contributed by atoms with van der Waals surface area (Å²) in [7, 11) is 0. The van der Waals surface area contributed by atoms with Gasteiger partial charge in [-0.3, -0.25) is 4.90 Å². The van der Waals surface area contributed by atoms with Crippen LogP contribution in [-0.2, 0) is 0 Å². The van der Waals surface area contributed by atoms with Gasteiger partial charge in [-0.15, -0.1) is 0 Å². The summed E-state index contributed by atoms with van der Waals surface area (Å²) in [5, 5.41) is 8.22. The maximum Gasteiger partial charge on any atom is 0.0802 e. The van der Waals surface area contributed by atoms with Gasteiger partial charge in [0.2, 0.25) is 0 Å². The average molecular weight is 205 g/mol. The van der Waals surface area contributed by atoms with Gasteiger partial charge in [0.05, 0.1) is 11.7 Å². The highest BCUT2D eigenvalue weighted by atomic mass is 15.2. The number of aromatic nitrogens is 2. The molecule has 1 aliphatic rings. The predicted octanol–water partition coefficient (Wildman–Crippen LogP) is 2.41. The standard InChI is InChI=1S/C12H19N3/c1-10(2)15-9-4-3-7-12(15)11-6-5-8-13-14-11/h5-6,8,10,12H,3-4,7,9H2,1-2H3. The lowest BCUT2D eigenvalue weighted by atomic mass is 9.97. The van der Waals surface area contributed by atoms with Crippen molar-refractivity contribution < 1.29 is 0 Å².